The lowest BCUT2D eigenvalue weighted by atomic mass is 10.0. The second-order valence-corrected chi connectivity index (χ2v) is 5.83. The van der Waals surface area contributed by atoms with Crippen molar-refractivity contribution in [2.24, 2.45) is 11.7 Å². The van der Waals surface area contributed by atoms with Gasteiger partial charge in [0.2, 0.25) is 0 Å². The van der Waals surface area contributed by atoms with Crippen molar-refractivity contribution >= 4 is 0 Å². The van der Waals surface area contributed by atoms with Gasteiger partial charge in [-0.05, 0) is 37.0 Å². The maximum Gasteiger partial charge on any atom is 0.165 e. The van der Waals surface area contributed by atoms with Gasteiger partial charge in [0.05, 0.1) is 6.10 Å². The molecule has 112 valence electrons. The highest BCUT2D eigenvalue weighted by atomic mass is 19.1. The maximum atomic E-state index is 13.8. The minimum absolute atomic E-state index is 0.144. The second kappa shape index (κ2) is 7.04. The van der Waals surface area contributed by atoms with Gasteiger partial charge in [0, 0.05) is 6.04 Å². The number of rotatable bonds is 6. The molecule has 3 nitrogen and oxygen atoms in total. The van der Waals surface area contributed by atoms with E-state index in [0.29, 0.717) is 5.92 Å². The van der Waals surface area contributed by atoms with Crippen LogP contribution in [0.1, 0.15) is 50.6 Å². The van der Waals surface area contributed by atoms with Crippen molar-refractivity contribution in [3.05, 3.63) is 29.6 Å². The molecule has 0 aliphatic heterocycles. The Balaban J connectivity index is 1.83. The number of aliphatic hydroxyl groups is 1. The Morgan fingerprint density at radius 3 is 2.70 bits per heavy atom. The quantitative estimate of drug-likeness (QED) is 0.842. The molecule has 1 aliphatic carbocycles. The summed E-state index contributed by atoms with van der Waals surface area (Å²) in [5.74, 6) is 0.353. The fraction of sp³-hybridized carbons (Fsp3) is 0.625. The summed E-state index contributed by atoms with van der Waals surface area (Å²) in [5, 5.41) is 9.94. The normalized spacial score (nSPS) is 19.0. The largest absolute Gasteiger partial charge is 0.488 e. The molecular formula is C16H24FNO2. The van der Waals surface area contributed by atoms with Gasteiger partial charge in [-0.15, -0.1) is 0 Å². The van der Waals surface area contributed by atoms with Gasteiger partial charge in [-0.25, -0.2) is 4.39 Å². The van der Waals surface area contributed by atoms with Crippen molar-refractivity contribution in [1.82, 2.24) is 0 Å². The topological polar surface area (TPSA) is 55.5 Å². The first kappa shape index (κ1) is 15.3. The summed E-state index contributed by atoms with van der Waals surface area (Å²) in [5.41, 5.74) is 6.44. The minimum atomic E-state index is -0.523. The van der Waals surface area contributed by atoms with Crippen molar-refractivity contribution in [3.63, 3.8) is 0 Å². The monoisotopic (exact) mass is 281 g/mol. The van der Waals surface area contributed by atoms with E-state index >= 15 is 0 Å². The number of benzene rings is 1. The zero-order valence-corrected chi connectivity index (χ0v) is 12.0. The molecule has 0 spiro atoms. The van der Waals surface area contributed by atoms with Crippen LogP contribution in [-0.4, -0.2) is 17.8 Å². The van der Waals surface area contributed by atoms with Crippen LogP contribution in [0.2, 0.25) is 0 Å². The van der Waals surface area contributed by atoms with Gasteiger partial charge in [0.1, 0.15) is 6.61 Å². The van der Waals surface area contributed by atoms with E-state index < -0.39 is 11.9 Å². The van der Waals surface area contributed by atoms with Crippen LogP contribution in [0.25, 0.3) is 0 Å². The molecule has 4 heteroatoms. The average Bonchev–Trinajstić information content (AvgIpc) is 2.90. The zero-order valence-electron chi connectivity index (χ0n) is 12.0. The lowest BCUT2D eigenvalue weighted by Crippen LogP contribution is -2.20. The van der Waals surface area contributed by atoms with Crippen molar-refractivity contribution < 1.29 is 14.2 Å². The summed E-state index contributed by atoms with van der Waals surface area (Å²) >= 11 is 0. The van der Waals surface area contributed by atoms with Crippen LogP contribution in [-0.2, 0) is 0 Å². The van der Waals surface area contributed by atoms with Crippen molar-refractivity contribution in [2.45, 2.75) is 51.2 Å². The molecule has 0 heterocycles. The first-order valence-electron chi connectivity index (χ1n) is 7.42. The van der Waals surface area contributed by atoms with E-state index in [1.165, 1.54) is 31.7 Å². The first-order chi connectivity index (χ1) is 9.56. The van der Waals surface area contributed by atoms with Gasteiger partial charge in [-0.1, -0.05) is 31.7 Å². The summed E-state index contributed by atoms with van der Waals surface area (Å²) in [4.78, 5) is 0. The van der Waals surface area contributed by atoms with Gasteiger partial charge in [0.15, 0.2) is 11.6 Å². The Morgan fingerprint density at radius 2 is 2.10 bits per heavy atom. The van der Waals surface area contributed by atoms with Crippen LogP contribution in [0.3, 0.4) is 0 Å². The van der Waals surface area contributed by atoms with Crippen molar-refractivity contribution in [3.8, 4) is 5.75 Å². The summed E-state index contributed by atoms with van der Waals surface area (Å²) in [6.45, 7) is 1.95. The lowest BCUT2D eigenvalue weighted by Gasteiger charge is -2.16. The molecule has 1 aliphatic rings. The van der Waals surface area contributed by atoms with Crippen LogP contribution in [0.4, 0.5) is 4.39 Å². The molecule has 0 aromatic heterocycles. The van der Waals surface area contributed by atoms with E-state index in [1.54, 1.807) is 19.1 Å². The Morgan fingerprint density at radius 1 is 1.40 bits per heavy atom. The molecule has 0 radical (unpaired) electrons. The third-order valence-corrected chi connectivity index (χ3v) is 3.99. The number of hydrogen-bond donors (Lipinski definition) is 2. The predicted molar refractivity (Wildman–Crippen MR) is 77.1 cm³/mol. The number of aliphatic hydroxyl groups excluding tert-OH is 1. The van der Waals surface area contributed by atoms with E-state index in [-0.39, 0.29) is 18.4 Å². The first-order valence-corrected chi connectivity index (χ1v) is 7.42. The van der Waals surface area contributed by atoms with E-state index in [1.807, 2.05) is 0 Å². The third-order valence-electron chi connectivity index (χ3n) is 3.99. The highest BCUT2D eigenvalue weighted by Gasteiger charge is 2.19. The third kappa shape index (κ3) is 4.18. The summed E-state index contributed by atoms with van der Waals surface area (Å²) in [6.07, 6.45) is 5.12. The second-order valence-electron chi connectivity index (χ2n) is 5.83. The fourth-order valence-corrected chi connectivity index (χ4v) is 2.80. The number of nitrogens with two attached hydrogens (primary N) is 1. The van der Waals surface area contributed by atoms with Gasteiger partial charge >= 0.3 is 0 Å². The summed E-state index contributed by atoms with van der Waals surface area (Å²) in [6, 6.07) is 4.53. The zero-order chi connectivity index (χ0) is 14.5. The summed E-state index contributed by atoms with van der Waals surface area (Å²) < 4.78 is 19.2. The highest BCUT2D eigenvalue weighted by Crippen LogP contribution is 2.29. The van der Waals surface area contributed by atoms with E-state index in [2.05, 4.69) is 0 Å². The lowest BCUT2D eigenvalue weighted by molar-refractivity contribution is 0.0837. The van der Waals surface area contributed by atoms with Gasteiger partial charge in [0.25, 0.3) is 0 Å². The Bertz CT molecular complexity index is 430. The maximum absolute atomic E-state index is 13.8. The molecule has 1 aromatic carbocycles. The number of halogens is 1. The standard InChI is InChI=1S/C16H24FNO2/c1-11(18)13-6-7-16(15(17)9-13)20-10-14(19)8-12-4-2-3-5-12/h6-7,9,11-12,14,19H,2-5,8,10,18H2,1H3/t11-,14?/m0/s1. The van der Waals surface area contributed by atoms with Crippen LogP contribution >= 0.6 is 0 Å². The van der Waals surface area contributed by atoms with Crippen LogP contribution in [0.5, 0.6) is 5.75 Å². The predicted octanol–water partition coefficient (Wildman–Crippen LogP) is 3.17. The fourth-order valence-electron chi connectivity index (χ4n) is 2.80. The molecule has 3 N–H and O–H groups in total. The molecule has 1 aromatic rings. The molecule has 1 saturated carbocycles. The highest BCUT2D eigenvalue weighted by molar-refractivity contribution is 5.30. The van der Waals surface area contributed by atoms with Crippen LogP contribution < -0.4 is 10.5 Å². The van der Waals surface area contributed by atoms with Gasteiger partial charge < -0.3 is 15.6 Å². The number of hydrogen-bond acceptors (Lipinski definition) is 3. The molecule has 0 amide bonds. The van der Waals surface area contributed by atoms with Gasteiger partial charge in [-0.2, -0.15) is 0 Å². The van der Waals surface area contributed by atoms with E-state index in [4.69, 9.17) is 10.5 Å². The molecule has 0 saturated heterocycles. The summed E-state index contributed by atoms with van der Waals surface area (Å²) in [7, 11) is 0. The Kier molecular flexibility index (Phi) is 5.38. The number of ether oxygens (including phenoxy) is 1. The molecular weight excluding hydrogens is 257 g/mol. The SMILES string of the molecule is C[C@H](N)c1ccc(OCC(O)CC2CCCC2)c(F)c1. The van der Waals surface area contributed by atoms with Crippen molar-refractivity contribution in [1.29, 1.82) is 0 Å². The molecule has 0 bridgehead atoms. The molecule has 2 rings (SSSR count). The Labute approximate surface area is 119 Å². The minimum Gasteiger partial charge on any atom is -0.488 e. The average molecular weight is 281 g/mol. The van der Waals surface area contributed by atoms with E-state index in [9.17, 15) is 9.50 Å². The van der Waals surface area contributed by atoms with Crippen molar-refractivity contribution in [2.75, 3.05) is 6.61 Å². The molecule has 20 heavy (non-hydrogen) atoms. The Hall–Kier alpha value is -1.13. The molecule has 1 unspecified atom stereocenters. The smallest absolute Gasteiger partial charge is 0.165 e. The van der Waals surface area contributed by atoms with Gasteiger partial charge in [-0.3, -0.25) is 0 Å². The van der Waals surface area contributed by atoms with E-state index in [0.717, 1.165) is 12.0 Å². The molecule has 2 atom stereocenters. The van der Waals surface area contributed by atoms with Crippen LogP contribution in [0, 0.1) is 11.7 Å². The molecule has 1 fully saturated rings. The van der Waals surface area contributed by atoms with Crippen LogP contribution in [0.15, 0.2) is 18.2 Å².